The average molecular weight is 172 g/mol. The van der Waals surface area contributed by atoms with Gasteiger partial charge in [0.1, 0.15) is 0 Å². The molecule has 0 aliphatic heterocycles. The van der Waals surface area contributed by atoms with Crippen molar-refractivity contribution in [1.29, 1.82) is 5.26 Å². The second-order valence-electron chi connectivity index (χ2n) is 3.50. The van der Waals surface area contributed by atoms with Crippen molar-refractivity contribution in [1.82, 2.24) is 0 Å². The zero-order valence-corrected chi connectivity index (χ0v) is 7.70. The zero-order valence-electron chi connectivity index (χ0n) is 7.70. The van der Waals surface area contributed by atoms with E-state index in [4.69, 9.17) is 5.26 Å². The Morgan fingerprint density at radius 3 is 2.38 bits per heavy atom. The van der Waals surface area contributed by atoms with Crippen LogP contribution >= 0.6 is 0 Å². The molecule has 0 radical (unpaired) electrons. The standard InChI is InChI=1S/C11H12N2/c1-13(11-6-7-11)10-4-2-9(8-12)3-5-10/h2-5,11H,6-7H2,1H3. The molecule has 1 aliphatic rings. The summed E-state index contributed by atoms with van der Waals surface area (Å²) in [6.07, 6.45) is 2.60. The molecule has 0 amide bonds. The van der Waals surface area contributed by atoms with Crippen molar-refractivity contribution in [2.75, 3.05) is 11.9 Å². The molecule has 1 aliphatic carbocycles. The summed E-state index contributed by atoms with van der Waals surface area (Å²) in [5, 5.41) is 8.63. The molecule has 2 rings (SSSR count). The van der Waals surface area contributed by atoms with Crippen molar-refractivity contribution in [2.45, 2.75) is 18.9 Å². The van der Waals surface area contributed by atoms with E-state index >= 15 is 0 Å². The molecule has 0 atom stereocenters. The lowest BCUT2D eigenvalue weighted by Crippen LogP contribution is -2.18. The predicted molar refractivity (Wildman–Crippen MR) is 52.6 cm³/mol. The zero-order chi connectivity index (χ0) is 9.26. The third-order valence-corrected chi connectivity index (χ3v) is 2.50. The smallest absolute Gasteiger partial charge is 0.0991 e. The quantitative estimate of drug-likeness (QED) is 0.683. The van der Waals surface area contributed by atoms with Crippen molar-refractivity contribution in [3.8, 4) is 6.07 Å². The van der Waals surface area contributed by atoms with Crippen molar-refractivity contribution >= 4 is 5.69 Å². The minimum atomic E-state index is 0.730. The van der Waals surface area contributed by atoms with E-state index in [0.29, 0.717) is 0 Å². The highest BCUT2D eigenvalue weighted by molar-refractivity contribution is 5.50. The molecule has 0 spiro atoms. The number of nitriles is 1. The predicted octanol–water partition coefficient (Wildman–Crippen LogP) is 2.16. The lowest BCUT2D eigenvalue weighted by Gasteiger charge is -2.18. The van der Waals surface area contributed by atoms with Gasteiger partial charge in [0.05, 0.1) is 11.6 Å². The summed E-state index contributed by atoms with van der Waals surface area (Å²) in [5.41, 5.74) is 1.94. The van der Waals surface area contributed by atoms with E-state index in [1.54, 1.807) is 0 Å². The molecule has 0 heterocycles. The van der Waals surface area contributed by atoms with Crippen LogP contribution in [0.3, 0.4) is 0 Å². The third kappa shape index (κ3) is 1.65. The first-order valence-electron chi connectivity index (χ1n) is 4.54. The fourth-order valence-corrected chi connectivity index (χ4v) is 1.44. The first-order valence-corrected chi connectivity index (χ1v) is 4.54. The molecule has 1 aromatic carbocycles. The van der Waals surface area contributed by atoms with Crippen LogP contribution in [0.4, 0.5) is 5.69 Å². The van der Waals surface area contributed by atoms with Crippen molar-refractivity contribution in [3.05, 3.63) is 29.8 Å². The molecular formula is C11H12N2. The summed E-state index contributed by atoms with van der Waals surface area (Å²) in [6, 6.07) is 10.6. The minimum absolute atomic E-state index is 0.730. The maximum atomic E-state index is 8.63. The highest BCUT2D eigenvalue weighted by Crippen LogP contribution is 2.29. The van der Waals surface area contributed by atoms with Crippen LogP contribution in [0.5, 0.6) is 0 Å². The number of hydrogen-bond donors (Lipinski definition) is 0. The lowest BCUT2D eigenvalue weighted by atomic mass is 10.2. The molecule has 1 fully saturated rings. The van der Waals surface area contributed by atoms with E-state index in [-0.39, 0.29) is 0 Å². The van der Waals surface area contributed by atoms with Gasteiger partial charge in [0.25, 0.3) is 0 Å². The van der Waals surface area contributed by atoms with Crippen molar-refractivity contribution in [2.24, 2.45) is 0 Å². The summed E-state index contributed by atoms with van der Waals surface area (Å²) in [5.74, 6) is 0. The van der Waals surface area contributed by atoms with Crippen molar-refractivity contribution < 1.29 is 0 Å². The normalized spacial score (nSPS) is 15.1. The summed E-state index contributed by atoms with van der Waals surface area (Å²) in [7, 11) is 2.11. The van der Waals surface area contributed by atoms with E-state index in [1.165, 1.54) is 18.5 Å². The Morgan fingerprint density at radius 1 is 1.31 bits per heavy atom. The van der Waals surface area contributed by atoms with Crippen LogP contribution in [0.2, 0.25) is 0 Å². The molecule has 1 saturated carbocycles. The Kier molecular flexibility index (Phi) is 1.94. The van der Waals surface area contributed by atoms with Crippen LogP contribution < -0.4 is 4.90 Å². The van der Waals surface area contributed by atoms with Gasteiger partial charge in [-0.05, 0) is 37.1 Å². The molecule has 0 saturated heterocycles. The second kappa shape index (κ2) is 3.10. The van der Waals surface area contributed by atoms with Gasteiger partial charge >= 0.3 is 0 Å². The summed E-state index contributed by atoms with van der Waals surface area (Å²) >= 11 is 0. The molecule has 0 unspecified atom stereocenters. The highest BCUT2D eigenvalue weighted by atomic mass is 15.2. The van der Waals surface area contributed by atoms with E-state index in [1.807, 2.05) is 24.3 Å². The Hall–Kier alpha value is -1.49. The summed E-state index contributed by atoms with van der Waals surface area (Å²) in [4.78, 5) is 2.28. The summed E-state index contributed by atoms with van der Waals surface area (Å²) in [6.45, 7) is 0. The lowest BCUT2D eigenvalue weighted by molar-refractivity contribution is 0.917. The molecule has 0 bridgehead atoms. The molecule has 13 heavy (non-hydrogen) atoms. The van der Waals surface area contributed by atoms with Crippen LogP contribution in [-0.2, 0) is 0 Å². The van der Waals surface area contributed by atoms with E-state index in [2.05, 4.69) is 18.0 Å². The van der Waals surface area contributed by atoms with Gasteiger partial charge in [-0.15, -0.1) is 0 Å². The van der Waals surface area contributed by atoms with Gasteiger partial charge in [-0.1, -0.05) is 0 Å². The Bertz CT molecular complexity index is 330. The van der Waals surface area contributed by atoms with E-state index in [0.717, 1.165) is 11.6 Å². The topological polar surface area (TPSA) is 27.0 Å². The maximum Gasteiger partial charge on any atom is 0.0991 e. The molecule has 2 heteroatoms. The van der Waals surface area contributed by atoms with Crippen LogP contribution in [-0.4, -0.2) is 13.1 Å². The van der Waals surface area contributed by atoms with Gasteiger partial charge < -0.3 is 4.90 Å². The van der Waals surface area contributed by atoms with Crippen molar-refractivity contribution in [3.63, 3.8) is 0 Å². The number of anilines is 1. The fraction of sp³-hybridized carbons (Fsp3) is 0.364. The van der Waals surface area contributed by atoms with Crippen LogP contribution in [0.25, 0.3) is 0 Å². The third-order valence-electron chi connectivity index (χ3n) is 2.50. The molecular weight excluding hydrogens is 160 g/mol. The largest absolute Gasteiger partial charge is 0.372 e. The maximum absolute atomic E-state index is 8.63. The van der Waals surface area contributed by atoms with Gasteiger partial charge in [-0.25, -0.2) is 0 Å². The number of benzene rings is 1. The first kappa shape index (κ1) is 8.12. The van der Waals surface area contributed by atoms with Crippen LogP contribution in [0, 0.1) is 11.3 Å². The van der Waals surface area contributed by atoms with E-state index < -0.39 is 0 Å². The molecule has 1 aromatic rings. The van der Waals surface area contributed by atoms with Gasteiger partial charge in [-0.2, -0.15) is 5.26 Å². The second-order valence-corrected chi connectivity index (χ2v) is 3.50. The fourth-order valence-electron chi connectivity index (χ4n) is 1.44. The Morgan fingerprint density at radius 2 is 1.92 bits per heavy atom. The number of hydrogen-bond acceptors (Lipinski definition) is 2. The number of nitrogens with zero attached hydrogens (tertiary/aromatic N) is 2. The Labute approximate surface area is 78.4 Å². The summed E-state index contributed by atoms with van der Waals surface area (Å²) < 4.78 is 0. The van der Waals surface area contributed by atoms with E-state index in [9.17, 15) is 0 Å². The van der Waals surface area contributed by atoms with Gasteiger partial charge in [-0.3, -0.25) is 0 Å². The molecule has 66 valence electrons. The first-order chi connectivity index (χ1) is 6.31. The molecule has 0 aromatic heterocycles. The van der Waals surface area contributed by atoms with Crippen LogP contribution in [0.15, 0.2) is 24.3 Å². The minimum Gasteiger partial charge on any atom is -0.372 e. The number of rotatable bonds is 2. The van der Waals surface area contributed by atoms with Gasteiger partial charge in [0, 0.05) is 18.8 Å². The van der Waals surface area contributed by atoms with Gasteiger partial charge in [0.15, 0.2) is 0 Å². The monoisotopic (exact) mass is 172 g/mol. The molecule has 0 N–H and O–H groups in total. The highest BCUT2D eigenvalue weighted by Gasteiger charge is 2.26. The SMILES string of the molecule is CN(c1ccc(C#N)cc1)C1CC1. The average Bonchev–Trinajstić information content (AvgIpc) is 3.00. The van der Waals surface area contributed by atoms with Crippen LogP contribution in [0.1, 0.15) is 18.4 Å². The Balaban J connectivity index is 2.17. The van der Waals surface area contributed by atoms with Gasteiger partial charge in [0.2, 0.25) is 0 Å². The molecule has 2 nitrogen and oxygen atoms in total.